The molecular weight excluding hydrogens is 238 g/mol. The second-order valence-corrected chi connectivity index (χ2v) is 11.2. The number of hydrogen-bond donors (Lipinski definition) is 0. The summed E-state index contributed by atoms with van der Waals surface area (Å²) in [7, 11) is -1.19. The molecule has 0 saturated carbocycles. The molecule has 0 amide bonds. The lowest BCUT2D eigenvalue weighted by atomic mass is 10.2. The van der Waals surface area contributed by atoms with Gasteiger partial charge in [-0.05, 0) is 17.7 Å². The van der Waals surface area contributed by atoms with Gasteiger partial charge in [0.25, 0.3) is 0 Å². The molecule has 0 fully saturated rings. The van der Waals surface area contributed by atoms with E-state index in [2.05, 4.69) is 25.7 Å². The van der Waals surface area contributed by atoms with Gasteiger partial charge in [-0.15, -0.1) is 0 Å². The Balaban J connectivity index is 2.38. The van der Waals surface area contributed by atoms with Crippen molar-refractivity contribution in [1.29, 1.82) is 5.26 Å². The maximum absolute atomic E-state index is 9.07. The Kier molecular flexibility index (Phi) is 5.67. The van der Waals surface area contributed by atoms with E-state index in [1.54, 1.807) is 6.26 Å². The van der Waals surface area contributed by atoms with Crippen LogP contribution in [-0.4, -0.2) is 8.07 Å². The molecule has 0 aromatic heterocycles. The molecule has 2 nitrogen and oxygen atoms in total. The topological polar surface area (TPSA) is 33.0 Å². The summed E-state index contributed by atoms with van der Waals surface area (Å²) >= 11 is 0. The first kappa shape index (κ1) is 14.5. The van der Waals surface area contributed by atoms with E-state index in [0.717, 1.165) is 11.6 Å². The smallest absolute Gasteiger partial charge is 0.112 e. The van der Waals surface area contributed by atoms with Crippen molar-refractivity contribution < 1.29 is 4.74 Å². The number of ether oxygens (including phenoxy) is 1. The average Bonchev–Trinajstić information content (AvgIpc) is 2.33. The van der Waals surface area contributed by atoms with Crippen molar-refractivity contribution >= 4 is 8.07 Å². The highest BCUT2D eigenvalue weighted by atomic mass is 28.3. The van der Waals surface area contributed by atoms with Gasteiger partial charge in [0.15, 0.2) is 0 Å². The van der Waals surface area contributed by atoms with Gasteiger partial charge in [-0.2, -0.15) is 5.26 Å². The third kappa shape index (κ3) is 6.26. The Hall–Kier alpha value is -1.53. The molecule has 1 unspecified atom stereocenters. The standard InChI is InChI=1S/C15H21NOSi/c1-18(2,3)13-15(11-16)9-10-17-12-14-7-5-4-6-8-14/h4-10,15H,12-13H2,1-3H3/b10-9+. The third-order valence-electron chi connectivity index (χ3n) is 2.50. The summed E-state index contributed by atoms with van der Waals surface area (Å²) in [6, 6.07) is 13.3. The molecule has 0 aliphatic rings. The van der Waals surface area contributed by atoms with Gasteiger partial charge in [0.2, 0.25) is 0 Å². The monoisotopic (exact) mass is 259 g/mol. The highest BCUT2D eigenvalue weighted by Gasteiger charge is 2.18. The van der Waals surface area contributed by atoms with Crippen molar-refractivity contribution in [2.75, 3.05) is 0 Å². The van der Waals surface area contributed by atoms with Crippen molar-refractivity contribution in [3.05, 3.63) is 48.2 Å². The maximum Gasteiger partial charge on any atom is 0.112 e. The molecule has 0 bridgehead atoms. The molecule has 18 heavy (non-hydrogen) atoms. The maximum atomic E-state index is 9.07. The van der Waals surface area contributed by atoms with Gasteiger partial charge in [0, 0.05) is 8.07 Å². The number of hydrogen-bond acceptors (Lipinski definition) is 2. The number of rotatable bonds is 6. The third-order valence-corrected chi connectivity index (χ3v) is 4.16. The first-order valence-corrected chi connectivity index (χ1v) is 9.94. The van der Waals surface area contributed by atoms with Gasteiger partial charge < -0.3 is 4.74 Å². The Morgan fingerprint density at radius 2 is 1.94 bits per heavy atom. The normalized spacial score (nSPS) is 13.2. The van der Waals surface area contributed by atoms with Crippen LogP contribution in [0.2, 0.25) is 25.7 Å². The molecule has 0 N–H and O–H groups in total. The molecular formula is C15H21NOSi. The highest BCUT2D eigenvalue weighted by Crippen LogP contribution is 2.17. The van der Waals surface area contributed by atoms with Crippen LogP contribution in [0.1, 0.15) is 5.56 Å². The number of benzene rings is 1. The van der Waals surface area contributed by atoms with Gasteiger partial charge in [0.1, 0.15) is 6.61 Å². The van der Waals surface area contributed by atoms with E-state index < -0.39 is 8.07 Å². The van der Waals surface area contributed by atoms with Crippen LogP contribution in [0.5, 0.6) is 0 Å². The van der Waals surface area contributed by atoms with Gasteiger partial charge >= 0.3 is 0 Å². The highest BCUT2D eigenvalue weighted by molar-refractivity contribution is 6.76. The van der Waals surface area contributed by atoms with Crippen molar-refractivity contribution in [3.8, 4) is 6.07 Å². The van der Waals surface area contributed by atoms with Gasteiger partial charge in [0.05, 0.1) is 18.2 Å². The molecule has 96 valence electrons. The molecule has 0 aliphatic carbocycles. The summed E-state index contributed by atoms with van der Waals surface area (Å²) in [6.45, 7) is 7.38. The second-order valence-electron chi connectivity index (χ2n) is 5.63. The molecule has 1 aromatic rings. The van der Waals surface area contributed by atoms with Crippen LogP contribution in [0.4, 0.5) is 0 Å². The fraction of sp³-hybridized carbons (Fsp3) is 0.400. The van der Waals surface area contributed by atoms with Gasteiger partial charge in [-0.1, -0.05) is 50.0 Å². The van der Waals surface area contributed by atoms with Crippen LogP contribution < -0.4 is 0 Å². The summed E-state index contributed by atoms with van der Waals surface area (Å²) in [5.41, 5.74) is 1.14. The molecule has 0 heterocycles. The molecule has 0 saturated heterocycles. The van der Waals surface area contributed by atoms with E-state index in [0.29, 0.717) is 6.61 Å². The molecule has 0 aliphatic heterocycles. The van der Waals surface area contributed by atoms with Crippen LogP contribution >= 0.6 is 0 Å². The van der Waals surface area contributed by atoms with Crippen molar-refractivity contribution in [3.63, 3.8) is 0 Å². The molecule has 1 rings (SSSR count). The quantitative estimate of drug-likeness (QED) is 0.567. The first-order valence-electron chi connectivity index (χ1n) is 6.23. The van der Waals surface area contributed by atoms with E-state index in [4.69, 9.17) is 10.00 Å². The van der Waals surface area contributed by atoms with E-state index in [1.165, 1.54) is 0 Å². The first-order chi connectivity index (χ1) is 8.51. The van der Waals surface area contributed by atoms with Gasteiger partial charge in [-0.3, -0.25) is 0 Å². The van der Waals surface area contributed by atoms with E-state index in [1.807, 2.05) is 36.4 Å². The largest absolute Gasteiger partial charge is 0.497 e. The SMILES string of the molecule is C[Si](C)(C)CC(C#N)/C=C/OCc1ccccc1. The van der Waals surface area contributed by atoms with E-state index in [-0.39, 0.29) is 5.92 Å². The van der Waals surface area contributed by atoms with E-state index >= 15 is 0 Å². The fourth-order valence-electron chi connectivity index (χ4n) is 1.69. The lowest BCUT2D eigenvalue weighted by Gasteiger charge is -2.17. The molecule has 1 aromatic carbocycles. The van der Waals surface area contributed by atoms with Crippen LogP contribution in [0, 0.1) is 17.2 Å². The van der Waals surface area contributed by atoms with Crippen LogP contribution in [0.15, 0.2) is 42.7 Å². The lowest BCUT2D eigenvalue weighted by molar-refractivity contribution is 0.235. The lowest BCUT2D eigenvalue weighted by Crippen LogP contribution is -2.22. The Morgan fingerprint density at radius 3 is 2.50 bits per heavy atom. The average molecular weight is 259 g/mol. The number of allylic oxidation sites excluding steroid dienone is 1. The molecule has 0 radical (unpaired) electrons. The zero-order valence-corrected chi connectivity index (χ0v) is 12.4. The van der Waals surface area contributed by atoms with Crippen LogP contribution in [0.3, 0.4) is 0 Å². The second kappa shape index (κ2) is 7.02. The summed E-state index contributed by atoms with van der Waals surface area (Å²) in [4.78, 5) is 0. The zero-order chi connectivity index (χ0) is 13.4. The Morgan fingerprint density at radius 1 is 1.28 bits per heavy atom. The summed E-state index contributed by atoms with van der Waals surface area (Å²) in [5.74, 6) is -0.0209. The predicted molar refractivity (Wildman–Crippen MR) is 77.6 cm³/mol. The van der Waals surface area contributed by atoms with Crippen LogP contribution in [-0.2, 0) is 11.3 Å². The molecule has 1 atom stereocenters. The minimum absolute atomic E-state index is 0.0209. The van der Waals surface area contributed by atoms with Crippen molar-refractivity contribution in [2.45, 2.75) is 32.3 Å². The number of nitrogens with zero attached hydrogens (tertiary/aromatic N) is 1. The van der Waals surface area contributed by atoms with Crippen LogP contribution in [0.25, 0.3) is 0 Å². The summed E-state index contributed by atoms with van der Waals surface area (Å²) in [5, 5.41) is 9.07. The van der Waals surface area contributed by atoms with E-state index in [9.17, 15) is 0 Å². The Labute approximate surface area is 111 Å². The predicted octanol–water partition coefficient (Wildman–Crippen LogP) is 4.19. The minimum atomic E-state index is -1.19. The zero-order valence-electron chi connectivity index (χ0n) is 11.4. The van der Waals surface area contributed by atoms with Gasteiger partial charge in [-0.25, -0.2) is 0 Å². The Bertz CT molecular complexity index is 414. The molecule has 3 heteroatoms. The summed E-state index contributed by atoms with van der Waals surface area (Å²) < 4.78 is 5.45. The minimum Gasteiger partial charge on any atom is -0.497 e. The number of nitriles is 1. The molecule has 0 spiro atoms. The van der Waals surface area contributed by atoms with Crippen molar-refractivity contribution in [2.24, 2.45) is 5.92 Å². The summed E-state index contributed by atoms with van der Waals surface area (Å²) in [6.07, 6.45) is 3.54. The fourth-order valence-corrected chi connectivity index (χ4v) is 3.23. The van der Waals surface area contributed by atoms with Crippen molar-refractivity contribution in [1.82, 2.24) is 0 Å².